The molecule has 0 saturated heterocycles. The van der Waals surface area contributed by atoms with Gasteiger partial charge in [0.1, 0.15) is 5.75 Å². The van der Waals surface area contributed by atoms with Gasteiger partial charge in [0.25, 0.3) is 5.91 Å². The van der Waals surface area contributed by atoms with Gasteiger partial charge in [0, 0.05) is 12.2 Å². The Morgan fingerprint density at radius 3 is 2.89 bits per heavy atom. The lowest BCUT2D eigenvalue weighted by molar-refractivity contribution is -0.122. The molecule has 0 bridgehead atoms. The van der Waals surface area contributed by atoms with Crippen molar-refractivity contribution in [3.63, 3.8) is 0 Å². The van der Waals surface area contributed by atoms with Gasteiger partial charge in [-0.15, -0.1) is 0 Å². The van der Waals surface area contributed by atoms with Gasteiger partial charge in [-0.05, 0) is 51.6 Å². The van der Waals surface area contributed by atoms with E-state index in [2.05, 4.69) is 16.0 Å². The van der Waals surface area contributed by atoms with E-state index in [1.165, 1.54) is 0 Å². The Hall–Kier alpha value is -1.75. The number of nitrogens with one attached hydrogen (secondary N) is 3. The zero-order chi connectivity index (χ0) is 13.7. The van der Waals surface area contributed by atoms with Gasteiger partial charge in [-0.25, -0.2) is 0 Å². The lowest BCUT2D eigenvalue weighted by Crippen LogP contribution is -2.34. The molecule has 104 valence electrons. The fourth-order valence-corrected chi connectivity index (χ4v) is 1.98. The number of hydrogen-bond acceptors (Lipinski definition) is 4. The number of ether oxygens (including phenoxy) is 1. The molecule has 1 heterocycles. The molecule has 1 aromatic rings. The number of benzene rings is 1. The standard InChI is InChI=1S/C14H21N3O2/c1-10-14(18)17-12-9-11(5-6-13(12)19-10)16-8-4-3-7-15-2/h5-6,9-10,15-16H,3-4,7-8H2,1-2H3,(H,17,18). The van der Waals surface area contributed by atoms with Crippen LogP contribution in [0.5, 0.6) is 5.75 Å². The van der Waals surface area contributed by atoms with Crippen LogP contribution < -0.4 is 20.7 Å². The van der Waals surface area contributed by atoms with Crippen LogP contribution in [-0.4, -0.2) is 32.1 Å². The highest BCUT2D eigenvalue weighted by atomic mass is 16.5. The molecule has 1 aliphatic heterocycles. The Labute approximate surface area is 113 Å². The van der Waals surface area contributed by atoms with Gasteiger partial charge in [-0.1, -0.05) is 0 Å². The average molecular weight is 263 g/mol. The Kier molecular flexibility index (Phi) is 4.63. The highest BCUT2D eigenvalue weighted by Crippen LogP contribution is 2.32. The van der Waals surface area contributed by atoms with E-state index in [9.17, 15) is 4.79 Å². The van der Waals surface area contributed by atoms with Crippen LogP contribution in [-0.2, 0) is 4.79 Å². The summed E-state index contributed by atoms with van der Waals surface area (Å²) in [6.45, 7) is 3.70. The molecule has 1 atom stereocenters. The van der Waals surface area contributed by atoms with E-state index in [1.54, 1.807) is 6.92 Å². The van der Waals surface area contributed by atoms with Gasteiger partial charge >= 0.3 is 0 Å². The average Bonchev–Trinajstić information content (AvgIpc) is 2.40. The molecular weight excluding hydrogens is 242 g/mol. The minimum Gasteiger partial charge on any atom is -0.479 e. The minimum absolute atomic E-state index is 0.0985. The van der Waals surface area contributed by atoms with Crippen LogP contribution in [0.1, 0.15) is 19.8 Å². The second kappa shape index (κ2) is 6.43. The number of carbonyl (C=O) groups is 1. The minimum atomic E-state index is -0.423. The molecule has 5 nitrogen and oxygen atoms in total. The van der Waals surface area contributed by atoms with E-state index in [0.29, 0.717) is 0 Å². The predicted molar refractivity (Wildman–Crippen MR) is 76.8 cm³/mol. The number of amides is 1. The first-order valence-corrected chi connectivity index (χ1v) is 6.71. The Balaban J connectivity index is 1.90. The molecule has 0 saturated carbocycles. The van der Waals surface area contributed by atoms with Crippen molar-refractivity contribution in [2.75, 3.05) is 30.8 Å². The zero-order valence-corrected chi connectivity index (χ0v) is 11.5. The summed E-state index contributed by atoms with van der Waals surface area (Å²) in [7, 11) is 1.96. The maximum Gasteiger partial charge on any atom is 0.265 e. The van der Waals surface area contributed by atoms with Crippen LogP contribution in [0.3, 0.4) is 0 Å². The van der Waals surface area contributed by atoms with Gasteiger partial charge in [0.2, 0.25) is 0 Å². The van der Waals surface area contributed by atoms with Gasteiger partial charge in [0.05, 0.1) is 5.69 Å². The third-order valence-electron chi connectivity index (χ3n) is 3.09. The maximum absolute atomic E-state index is 11.5. The molecule has 1 aromatic carbocycles. The summed E-state index contributed by atoms with van der Waals surface area (Å²) >= 11 is 0. The third kappa shape index (κ3) is 3.61. The summed E-state index contributed by atoms with van der Waals surface area (Å²) in [6.07, 6.45) is 1.83. The van der Waals surface area contributed by atoms with Crippen molar-refractivity contribution in [2.45, 2.75) is 25.9 Å². The number of anilines is 2. The quantitative estimate of drug-likeness (QED) is 0.685. The largest absolute Gasteiger partial charge is 0.479 e. The van der Waals surface area contributed by atoms with Crippen molar-refractivity contribution in [1.82, 2.24) is 5.32 Å². The molecule has 2 rings (SSSR count). The van der Waals surface area contributed by atoms with E-state index in [0.717, 1.165) is 43.1 Å². The van der Waals surface area contributed by atoms with Crippen molar-refractivity contribution >= 4 is 17.3 Å². The number of fused-ring (bicyclic) bond motifs is 1. The molecule has 5 heteroatoms. The first-order chi connectivity index (χ1) is 9.20. The summed E-state index contributed by atoms with van der Waals surface area (Å²) in [4.78, 5) is 11.5. The fraction of sp³-hybridized carbons (Fsp3) is 0.500. The first kappa shape index (κ1) is 13.7. The number of hydrogen-bond donors (Lipinski definition) is 3. The molecule has 0 aliphatic carbocycles. The normalized spacial score (nSPS) is 17.4. The Morgan fingerprint density at radius 1 is 1.32 bits per heavy atom. The van der Waals surface area contributed by atoms with E-state index in [1.807, 2.05) is 25.2 Å². The molecule has 0 radical (unpaired) electrons. The van der Waals surface area contributed by atoms with Crippen LogP contribution in [0.15, 0.2) is 18.2 Å². The van der Waals surface area contributed by atoms with Crippen LogP contribution in [0.2, 0.25) is 0 Å². The van der Waals surface area contributed by atoms with Crippen LogP contribution >= 0.6 is 0 Å². The molecule has 1 amide bonds. The fourth-order valence-electron chi connectivity index (χ4n) is 1.98. The number of unbranched alkanes of at least 4 members (excludes halogenated alkanes) is 1. The van der Waals surface area contributed by atoms with E-state index >= 15 is 0 Å². The molecule has 0 spiro atoms. The van der Waals surface area contributed by atoms with E-state index in [-0.39, 0.29) is 5.91 Å². The van der Waals surface area contributed by atoms with Crippen LogP contribution in [0.4, 0.5) is 11.4 Å². The molecule has 1 aliphatic rings. The monoisotopic (exact) mass is 263 g/mol. The smallest absolute Gasteiger partial charge is 0.265 e. The first-order valence-electron chi connectivity index (χ1n) is 6.71. The number of rotatable bonds is 6. The molecular formula is C14H21N3O2. The number of carbonyl (C=O) groups excluding carboxylic acids is 1. The Morgan fingerprint density at radius 2 is 2.11 bits per heavy atom. The summed E-state index contributed by atoms with van der Waals surface area (Å²) in [5.41, 5.74) is 1.74. The van der Waals surface area contributed by atoms with Gasteiger partial charge in [0.15, 0.2) is 6.10 Å². The molecule has 3 N–H and O–H groups in total. The SMILES string of the molecule is CNCCCCNc1ccc2c(c1)NC(=O)C(C)O2. The second-order valence-corrected chi connectivity index (χ2v) is 4.70. The van der Waals surface area contributed by atoms with Crippen LogP contribution in [0, 0.1) is 0 Å². The van der Waals surface area contributed by atoms with Crippen LogP contribution in [0.25, 0.3) is 0 Å². The van der Waals surface area contributed by atoms with Crippen molar-refractivity contribution < 1.29 is 9.53 Å². The third-order valence-corrected chi connectivity index (χ3v) is 3.09. The van der Waals surface area contributed by atoms with Crippen molar-refractivity contribution in [3.05, 3.63) is 18.2 Å². The van der Waals surface area contributed by atoms with E-state index < -0.39 is 6.10 Å². The second-order valence-electron chi connectivity index (χ2n) is 4.70. The van der Waals surface area contributed by atoms with Gasteiger partial charge < -0.3 is 20.7 Å². The summed E-state index contributed by atoms with van der Waals surface area (Å²) in [5.74, 6) is 0.631. The van der Waals surface area contributed by atoms with Crippen molar-refractivity contribution in [3.8, 4) is 5.75 Å². The molecule has 0 aromatic heterocycles. The maximum atomic E-state index is 11.5. The van der Waals surface area contributed by atoms with Crippen molar-refractivity contribution in [1.29, 1.82) is 0 Å². The summed E-state index contributed by atoms with van der Waals surface area (Å²) < 4.78 is 5.51. The van der Waals surface area contributed by atoms with Crippen molar-refractivity contribution in [2.24, 2.45) is 0 Å². The lowest BCUT2D eigenvalue weighted by Gasteiger charge is -2.23. The van der Waals surface area contributed by atoms with E-state index in [4.69, 9.17) is 4.74 Å². The zero-order valence-electron chi connectivity index (χ0n) is 11.5. The molecule has 19 heavy (non-hydrogen) atoms. The topological polar surface area (TPSA) is 62.4 Å². The highest BCUT2D eigenvalue weighted by Gasteiger charge is 2.23. The summed E-state index contributed by atoms with van der Waals surface area (Å²) in [5, 5.41) is 9.32. The lowest BCUT2D eigenvalue weighted by atomic mass is 10.2. The summed E-state index contributed by atoms with van der Waals surface area (Å²) in [6, 6.07) is 5.78. The molecule has 1 unspecified atom stereocenters. The molecule has 0 fully saturated rings. The predicted octanol–water partition coefficient (Wildman–Crippen LogP) is 1.82. The Bertz CT molecular complexity index is 448. The highest BCUT2D eigenvalue weighted by molar-refractivity contribution is 5.98. The van der Waals surface area contributed by atoms with Gasteiger partial charge in [-0.2, -0.15) is 0 Å². The van der Waals surface area contributed by atoms with Gasteiger partial charge in [-0.3, -0.25) is 4.79 Å².